The molecule has 0 saturated heterocycles. The predicted molar refractivity (Wildman–Crippen MR) is 184 cm³/mol. The van der Waals surface area contributed by atoms with Gasteiger partial charge in [-0.25, -0.2) is 0 Å². The number of hydrogen-bond donors (Lipinski definition) is 0. The first-order valence-corrected chi connectivity index (χ1v) is 16.0. The van der Waals surface area contributed by atoms with Gasteiger partial charge >= 0.3 is 0 Å². The lowest BCUT2D eigenvalue weighted by molar-refractivity contribution is 0.285. The summed E-state index contributed by atoms with van der Waals surface area (Å²) in [6, 6.07) is 22.7. The zero-order valence-corrected chi connectivity index (χ0v) is 26.6. The van der Waals surface area contributed by atoms with Gasteiger partial charge in [-0.05, 0) is 79.0 Å². The summed E-state index contributed by atoms with van der Waals surface area (Å²) in [5.41, 5.74) is 9.53. The molecule has 0 aliphatic heterocycles. The molecular weight excluding hydrogens is 554 g/mol. The highest BCUT2D eigenvalue weighted by molar-refractivity contribution is 6.15. The molecule has 0 amide bonds. The molecule has 0 spiro atoms. The molecular formula is C40H41N3O2. The second-order valence-corrected chi connectivity index (χ2v) is 12.3. The fourth-order valence-electron chi connectivity index (χ4n) is 6.76. The Labute approximate surface area is 266 Å². The molecule has 0 N–H and O–H groups in total. The maximum Gasteiger partial charge on any atom is 0.162 e. The van der Waals surface area contributed by atoms with E-state index in [9.17, 15) is 5.26 Å². The summed E-state index contributed by atoms with van der Waals surface area (Å²) < 4.78 is 14.4. The lowest BCUT2D eigenvalue weighted by atomic mass is 9.96. The second-order valence-electron chi connectivity index (χ2n) is 12.3. The number of fused-ring (bicyclic) bond motifs is 3. The maximum absolute atomic E-state index is 9.35. The second kappa shape index (κ2) is 13.4. The van der Waals surface area contributed by atoms with Gasteiger partial charge in [0.05, 0.1) is 36.0 Å². The fraction of sp³-hybridized carbons (Fsp3) is 0.300. The number of pyridine rings is 1. The Bertz CT molecular complexity index is 1920. The minimum absolute atomic E-state index is 0.435. The van der Waals surface area contributed by atoms with Gasteiger partial charge in [-0.1, -0.05) is 74.4 Å². The Hall–Kier alpha value is -4.82. The third kappa shape index (κ3) is 6.37. The first-order valence-electron chi connectivity index (χ1n) is 16.0. The summed E-state index contributed by atoms with van der Waals surface area (Å²) in [7, 11) is 3.70. The minimum atomic E-state index is 0.435. The Morgan fingerprint density at radius 1 is 1.04 bits per heavy atom. The van der Waals surface area contributed by atoms with Crippen LogP contribution in [0.5, 0.6) is 11.5 Å². The molecule has 228 valence electrons. The van der Waals surface area contributed by atoms with Crippen molar-refractivity contribution in [2.45, 2.75) is 58.5 Å². The number of hydrogen-bond acceptors (Lipinski definition) is 4. The van der Waals surface area contributed by atoms with Crippen LogP contribution in [0.2, 0.25) is 0 Å². The first kappa shape index (κ1) is 30.2. The Morgan fingerprint density at radius 3 is 2.62 bits per heavy atom. The Kier molecular flexibility index (Phi) is 9.03. The zero-order chi connectivity index (χ0) is 31.3. The van der Waals surface area contributed by atoms with E-state index in [0.29, 0.717) is 23.7 Å². The number of nitrogens with zero attached hydrogens (tertiary/aromatic N) is 3. The quantitative estimate of drug-likeness (QED) is 0.168. The van der Waals surface area contributed by atoms with Gasteiger partial charge < -0.3 is 14.0 Å². The van der Waals surface area contributed by atoms with Gasteiger partial charge in [-0.3, -0.25) is 4.98 Å². The van der Waals surface area contributed by atoms with Crippen molar-refractivity contribution < 1.29 is 9.47 Å². The lowest BCUT2D eigenvalue weighted by Crippen LogP contribution is -2.00. The van der Waals surface area contributed by atoms with Gasteiger partial charge in [-0.15, -0.1) is 0 Å². The van der Waals surface area contributed by atoms with E-state index in [-0.39, 0.29) is 0 Å². The molecule has 1 aliphatic rings. The highest BCUT2D eigenvalue weighted by Crippen LogP contribution is 2.42. The molecule has 2 heterocycles. The molecule has 0 radical (unpaired) electrons. The van der Waals surface area contributed by atoms with Crippen LogP contribution in [-0.4, -0.2) is 16.7 Å². The van der Waals surface area contributed by atoms with Gasteiger partial charge in [0.1, 0.15) is 6.61 Å². The minimum Gasteiger partial charge on any atom is -0.493 e. The van der Waals surface area contributed by atoms with Crippen LogP contribution in [0, 0.1) is 17.2 Å². The number of benzene rings is 3. The van der Waals surface area contributed by atoms with E-state index in [1.807, 2.05) is 49.7 Å². The van der Waals surface area contributed by atoms with Crippen LogP contribution in [0.15, 0.2) is 85.1 Å². The monoisotopic (exact) mass is 595 g/mol. The number of aryl methyl sites for hydroxylation is 1. The number of aromatic nitrogens is 2. The van der Waals surface area contributed by atoms with Crippen molar-refractivity contribution >= 4 is 27.9 Å². The standard InChI is InChI=1S/C40H41N3O2/c1-5-35-39(32-18-16-29(24-41)17-19-32)40-33-22-38(37(44-4)23-34(33)42-25-36(40)43(35)3)45-26-31-15-9-14-30(21-31)20-28-12-7-6-10-27(2)11-8-13-28/h5,9,12,14-19,21-23,25,27H,1,6-8,10-11,13,20,26H2,2-4H3. The van der Waals surface area contributed by atoms with Crippen LogP contribution >= 0.6 is 0 Å². The number of allylic oxidation sites excluding steroid dienone is 2. The third-order valence-corrected chi connectivity index (χ3v) is 9.20. The molecule has 1 atom stereocenters. The lowest BCUT2D eigenvalue weighted by Gasteiger charge is -2.14. The van der Waals surface area contributed by atoms with Crippen LogP contribution in [-0.2, 0) is 20.1 Å². The molecule has 3 aromatic carbocycles. The summed E-state index contributed by atoms with van der Waals surface area (Å²) in [6.45, 7) is 6.94. The van der Waals surface area contributed by atoms with E-state index in [1.165, 1.54) is 44.1 Å². The van der Waals surface area contributed by atoms with Crippen molar-refractivity contribution in [3.8, 4) is 28.7 Å². The summed E-state index contributed by atoms with van der Waals surface area (Å²) in [5.74, 6) is 2.16. The van der Waals surface area contributed by atoms with Crippen molar-refractivity contribution in [1.29, 1.82) is 5.26 Å². The molecule has 5 aromatic rings. The smallest absolute Gasteiger partial charge is 0.162 e. The van der Waals surface area contributed by atoms with E-state index >= 15 is 0 Å². The summed E-state index contributed by atoms with van der Waals surface area (Å²) in [6.07, 6.45) is 14.9. The van der Waals surface area contributed by atoms with E-state index < -0.39 is 0 Å². The highest BCUT2D eigenvalue weighted by atomic mass is 16.5. The molecule has 1 unspecified atom stereocenters. The zero-order valence-electron chi connectivity index (χ0n) is 26.6. The Morgan fingerprint density at radius 2 is 1.84 bits per heavy atom. The number of nitriles is 1. The van der Waals surface area contributed by atoms with E-state index in [4.69, 9.17) is 14.5 Å². The largest absolute Gasteiger partial charge is 0.493 e. The van der Waals surface area contributed by atoms with Crippen LogP contribution < -0.4 is 9.47 Å². The normalized spacial score (nSPS) is 15.5. The average Bonchev–Trinajstić information content (AvgIpc) is 3.41. The van der Waals surface area contributed by atoms with Gasteiger partial charge in [0.25, 0.3) is 0 Å². The van der Waals surface area contributed by atoms with Crippen LogP contribution in [0.3, 0.4) is 0 Å². The van der Waals surface area contributed by atoms with E-state index in [1.54, 1.807) is 12.7 Å². The maximum atomic E-state index is 9.35. The van der Waals surface area contributed by atoms with Crippen molar-refractivity contribution in [3.05, 3.63) is 107 Å². The van der Waals surface area contributed by atoms with Crippen LogP contribution in [0.4, 0.5) is 0 Å². The van der Waals surface area contributed by atoms with E-state index in [2.05, 4.69) is 60.5 Å². The van der Waals surface area contributed by atoms with Crippen LogP contribution in [0.1, 0.15) is 67.8 Å². The summed E-state index contributed by atoms with van der Waals surface area (Å²) >= 11 is 0. The molecule has 0 fully saturated rings. The van der Waals surface area contributed by atoms with Gasteiger partial charge in [-0.2, -0.15) is 5.26 Å². The SMILES string of the molecule is C=Cc1c(-c2ccc(C#N)cc2)c2c3cc(OCc4cccc(CC5=CCCCC(C)CCC5)c4)c(OC)cc3ncc2n1C. The molecule has 45 heavy (non-hydrogen) atoms. The van der Waals surface area contributed by atoms with Crippen molar-refractivity contribution in [3.63, 3.8) is 0 Å². The summed E-state index contributed by atoms with van der Waals surface area (Å²) in [5, 5.41) is 11.4. The number of rotatable bonds is 8. The van der Waals surface area contributed by atoms with E-state index in [0.717, 1.165) is 56.5 Å². The average molecular weight is 596 g/mol. The fourth-order valence-corrected chi connectivity index (χ4v) is 6.76. The molecule has 5 heteroatoms. The van der Waals surface area contributed by atoms with Crippen molar-refractivity contribution in [1.82, 2.24) is 9.55 Å². The number of ether oxygens (including phenoxy) is 2. The molecule has 2 aromatic heterocycles. The van der Waals surface area contributed by atoms with Gasteiger partial charge in [0.2, 0.25) is 0 Å². The van der Waals surface area contributed by atoms with Gasteiger partial charge in [0.15, 0.2) is 11.5 Å². The Balaban J connectivity index is 1.33. The van der Waals surface area contributed by atoms with Crippen LogP contribution in [0.25, 0.3) is 39.0 Å². The number of methoxy groups -OCH3 is 1. The van der Waals surface area contributed by atoms with Crippen molar-refractivity contribution in [2.75, 3.05) is 7.11 Å². The third-order valence-electron chi connectivity index (χ3n) is 9.20. The first-order chi connectivity index (χ1) is 22.0. The molecule has 0 saturated carbocycles. The van der Waals surface area contributed by atoms with Gasteiger partial charge in [0, 0.05) is 35.1 Å². The highest BCUT2D eigenvalue weighted by Gasteiger charge is 2.20. The summed E-state index contributed by atoms with van der Waals surface area (Å²) in [4.78, 5) is 4.80. The molecule has 1 aliphatic carbocycles. The molecule has 5 nitrogen and oxygen atoms in total. The molecule has 6 rings (SSSR count). The predicted octanol–water partition coefficient (Wildman–Crippen LogP) is 9.95. The topological polar surface area (TPSA) is 60.1 Å². The van der Waals surface area contributed by atoms with Crippen molar-refractivity contribution in [2.24, 2.45) is 13.0 Å². The molecule has 0 bridgehead atoms.